The highest BCUT2D eigenvalue weighted by Crippen LogP contribution is 2.45. The number of likely N-dealkylation sites (tertiary alicyclic amines) is 1. The lowest BCUT2D eigenvalue weighted by Crippen LogP contribution is -2.46. The molecule has 2 heterocycles. The quantitative estimate of drug-likeness (QED) is 0.663. The molecule has 0 spiro atoms. The minimum atomic E-state index is 0.120. The number of hydrogen-bond donors (Lipinski definition) is 2. The summed E-state index contributed by atoms with van der Waals surface area (Å²) in [4.78, 5) is 22.7. The normalized spacial score (nSPS) is 21.7. The highest BCUT2D eigenvalue weighted by molar-refractivity contribution is 5.97. The van der Waals surface area contributed by atoms with Crippen molar-refractivity contribution in [2.45, 2.75) is 38.1 Å². The molecule has 26 heavy (non-hydrogen) atoms. The van der Waals surface area contributed by atoms with Gasteiger partial charge in [-0.05, 0) is 67.1 Å². The SMILES string of the molecule is Cc1c(N)ccc2c1[C@@H]1CCCN(C(=O)c3ccc4nc[nH]c4c3)[C@@H]1C2. The van der Waals surface area contributed by atoms with Gasteiger partial charge in [0.25, 0.3) is 5.91 Å². The van der Waals surface area contributed by atoms with Crippen LogP contribution in [0.3, 0.4) is 0 Å². The zero-order valence-electron chi connectivity index (χ0n) is 14.8. The van der Waals surface area contributed by atoms with Crippen LogP contribution in [0.4, 0.5) is 5.69 Å². The van der Waals surface area contributed by atoms with Gasteiger partial charge in [0.1, 0.15) is 0 Å². The summed E-state index contributed by atoms with van der Waals surface area (Å²) >= 11 is 0. The maximum absolute atomic E-state index is 13.3. The van der Waals surface area contributed by atoms with Gasteiger partial charge in [0.2, 0.25) is 0 Å². The summed E-state index contributed by atoms with van der Waals surface area (Å²) in [6.45, 7) is 2.94. The third kappa shape index (κ3) is 2.16. The van der Waals surface area contributed by atoms with Crippen molar-refractivity contribution in [3.63, 3.8) is 0 Å². The number of carbonyl (C=O) groups excluding carboxylic acids is 1. The number of nitrogen functional groups attached to an aromatic ring is 1. The third-order valence-electron chi connectivity index (χ3n) is 6.15. The van der Waals surface area contributed by atoms with Gasteiger partial charge in [0.05, 0.1) is 17.4 Å². The van der Waals surface area contributed by atoms with Gasteiger partial charge in [0.15, 0.2) is 0 Å². The van der Waals surface area contributed by atoms with Crippen molar-refractivity contribution in [1.82, 2.24) is 14.9 Å². The first-order valence-electron chi connectivity index (χ1n) is 9.25. The van der Waals surface area contributed by atoms with E-state index in [0.717, 1.165) is 48.1 Å². The molecule has 5 heteroatoms. The van der Waals surface area contributed by atoms with Crippen LogP contribution in [0.15, 0.2) is 36.7 Å². The molecule has 2 aromatic carbocycles. The Bertz CT molecular complexity index is 1020. The second kappa shape index (κ2) is 5.59. The van der Waals surface area contributed by atoms with E-state index in [1.807, 2.05) is 24.3 Å². The number of nitrogens with two attached hydrogens (primary N) is 1. The van der Waals surface area contributed by atoms with Crippen LogP contribution in [-0.2, 0) is 6.42 Å². The van der Waals surface area contributed by atoms with E-state index in [2.05, 4.69) is 27.9 Å². The van der Waals surface area contributed by atoms with Gasteiger partial charge in [-0.1, -0.05) is 6.07 Å². The van der Waals surface area contributed by atoms with Crippen LogP contribution in [0.2, 0.25) is 0 Å². The minimum Gasteiger partial charge on any atom is -0.399 e. The van der Waals surface area contributed by atoms with E-state index in [4.69, 9.17) is 5.73 Å². The summed E-state index contributed by atoms with van der Waals surface area (Å²) in [7, 11) is 0. The summed E-state index contributed by atoms with van der Waals surface area (Å²) in [6, 6.07) is 10.1. The molecule has 3 aromatic rings. The number of hydrogen-bond acceptors (Lipinski definition) is 3. The molecule has 0 saturated carbocycles. The van der Waals surface area contributed by atoms with Crippen molar-refractivity contribution in [2.24, 2.45) is 0 Å². The number of H-pyrrole nitrogens is 1. The van der Waals surface area contributed by atoms with Crippen molar-refractivity contribution in [3.8, 4) is 0 Å². The van der Waals surface area contributed by atoms with Crippen LogP contribution in [0.5, 0.6) is 0 Å². The maximum atomic E-state index is 13.3. The molecule has 1 aliphatic carbocycles. The van der Waals surface area contributed by atoms with Crippen molar-refractivity contribution in [3.05, 3.63) is 58.9 Å². The minimum absolute atomic E-state index is 0.120. The Morgan fingerprint density at radius 2 is 2.19 bits per heavy atom. The molecule has 1 aromatic heterocycles. The molecule has 1 aliphatic heterocycles. The summed E-state index contributed by atoms with van der Waals surface area (Å²) in [5.41, 5.74) is 13.5. The summed E-state index contributed by atoms with van der Waals surface area (Å²) in [5.74, 6) is 0.525. The second-order valence-electron chi connectivity index (χ2n) is 7.51. The third-order valence-corrected chi connectivity index (χ3v) is 6.15. The highest BCUT2D eigenvalue weighted by atomic mass is 16.2. The van der Waals surface area contributed by atoms with E-state index >= 15 is 0 Å². The molecule has 1 saturated heterocycles. The molecule has 3 N–H and O–H groups in total. The zero-order valence-corrected chi connectivity index (χ0v) is 14.8. The predicted octanol–water partition coefficient (Wildman–Crippen LogP) is 3.40. The smallest absolute Gasteiger partial charge is 0.254 e. The molecule has 2 aliphatic rings. The average molecular weight is 346 g/mol. The first-order chi connectivity index (χ1) is 12.6. The standard InChI is InChI=1S/C21H22N4O/c1-12-16(22)6-4-13-10-19-15(20(12)13)3-2-8-25(19)21(26)14-5-7-17-18(9-14)24-11-23-17/h4-7,9,11,15,19H,2-3,8,10,22H2,1H3,(H,23,24)/t15-,19-/m1/s1. The van der Waals surface area contributed by atoms with Crippen molar-refractivity contribution in [1.29, 1.82) is 0 Å². The number of anilines is 1. The Morgan fingerprint density at radius 3 is 3.08 bits per heavy atom. The van der Waals surface area contributed by atoms with E-state index < -0.39 is 0 Å². The lowest BCUT2D eigenvalue weighted by atomic mass is 9.86. The van der Waals surface area contributed by atoms with Gasteiger partial charge in [0, 0.05) is 29.8 Å². The lowest BCUT2D eigenvalue weighted by Gasteiger charge is -2.38. The molecule has 2 atom stereocenters. The van der Waals surface area contributed by atoms with Gasteiger partial charge in [-0.3, -0.25) is 4.79 Å². The number of piperidine rings is 1. The molecule has 0 unspecified atom stereocenters. The van der Waals surface area contributed by atoms with Gasteiger partial charge in [-0.25, -0.2) is 4.98 Å². The number of imidazole rings is 1. The molecule has 5 rings (SSSR count). The fourth-order valence-corrected chi connectivity index (χ4v) is 4.85. The number of carbonyl (C=O) groups is 1. The van der Waals surface area contributed by atoms with Crippen molar-refractivity contribution >= 4 is 22.6 Å². The molecule has 1 amide bonds. The Morgan fingerprint density at radius 1 is 1.31 bits per heavy atom. The first-order valence-corrected chi connectivity index (χ1v) is 9.25. The number of benzene rings is 2. The van der Waals surface area contributed by atoms with Crippen LogP contribution in [-0.4, -0.2) is 33.4 Å². The Kier molecular flexibility index (Phi) is 3.32. The monoisotopic (exact) mass is 346 g/mol. The first kappa shape index (κ1) is 15.4. The van der Waals surface area contributed by atoms with Crippen LogP contribution >= 0.6 is 0 Å². The van der Waals surface area contributed by atoms with E-state index in [9.17, 15) is 4.79 Å². The fourth-order valence-electron chi connectivity index (χ4n) is 4.85. The number of amides is 1. The topological polar surface area (TPSA) is 75.0 Å². The molecular formula is C21H22N4O. The lowest BCUT2D eigenvalue weighted by molar-refractivity contribution is 0.0595. The predicted molar refractivity (Wildman–Crippen MR) is 102 cm³/mol. The zero-order chi connectivity index (χ0) is 17.8. The largest absolute Gasteiger partial charge is 0.399 e. The van der Waals surface area contributed by atoms with E-state index in [1.54, 1.807) is 6.33 Å². The maximum Gasteiger partial charge on any atom is 0.254 e. The van der Waals surface area contributed by atoms with Crippen LogP contribution in [0.1, 0.15) is 45.8 Å². The molecule has 5 nitrogen and oxygen atoms in total. The van der Waals surface area contributed by atoms with Crippen LogP contribution < -0.4 is 5.73 Å². The Labute approximate surface area is 152 Å². The number of aromatic amines is 1. The summed E-state index contributed by atoms with van der Waals surface area (Å²) < 4.78 is 0. The molecule has 132 valence electrons. The summed E-state index contributed by atoms with van der Waals surface area (Å²) in [5, 5.41) is 0. The van der Waals surface area contributed by atoms with Crippen molar-refractivity contribution < 1.29 is 4.79 Å². The second-order valence-corrected chi connectivity index (χ2v) is 7.51. The van der Waals surface area contributed by atoms with Gasteiger partial charge < -0.3 is 15.6 Å². The van der Waals surface area contributed by atoms with Crippen molar-refractivity contribution in [2.75, 3.05) is 12.3 Å². The average Bonchev–Trinajstić information content (AvgIpc) is 3.27. The van der Waals surface area contributed by atoms with Gasteiger partial charge in [-0.2, -0.15) is 0 Å². The highest BCUT2D eigenvalue weighted by Gasteiger charge is 2.41. The van der Waals surface area contributed by atoms with E-state index in [-0.39, 0.29) is 11.9 Å². The van der Waals surface area contributed by atoms with Gasteiger partial charge in [-0.15, -0.1) is 0 Å². The van der Waals surface area contributed by atoms with E-state index in [1.165, 1.54) is 16.7 Å². The van der Waals surface area contributed by atoms with Crippen LogP contribution in [0.25, 0.3) is 11.0 Å². The number of fused-ring (bicyclic) bond motifs is 4. The Hall–Kier alpha value is -2.82. The van der Waals surface area contributed by atoms with E-state index in [0.29, 0.717) is 5.92 Å². The number of nitrogens with one attached hydrogen (secondary N) is 1. The summed E-state index contributed by atoms with van der Waals surface area (Å²) in [6.07, 6.45) is 4.76. The molecule has 0 radical (unpaired) electrons. The van der Waals surface area contributed by atoms with Crippen LogP contribution in [0, 0.1) is 6.92 Å². The molecule has 0 bridgehead atoms. The molecular weight excluding hydrogens is 324 g/mol. The Balaban J connectivity index is 1.50. The fraction of sp³-hybridized carbons (Fsp3) is 0.333. The number of nitrogens with zero attached hydrogens (tertiary/aromatic N) is 2. The van der Waals surface area contributed by atoms with Gasteiger partial charge >= 0.3 is 0 Å². The number of aromatic nitrogens is 2. The molecule has 1 fully saturated rings. The number of rotatable bonds is 1.